The van der Waals surface area contributed by atoms with Crippen LogP contribution in [0, 0.1) is 23.2 Å². The number of carbonyl (C=O) groups excluding carboxylic acids is 2. The number of aromatic nitrogens is 1. The summed E-state index contributed by atoms with van der Waals surface area (Å²) in [5, 5.41) is 0. The number of pyridine rings is 1. The molecular formula is C19H23N3O3. The second-order valence-corrected chi connectivity index (χ2v) is 7.95. The van der Waals surface area contributed by atoms with E-state index in [0.717, 1.165) is 51.3 Å². The van der Waals surface area contributed by atoms with E-state index >= 15 is 0 Å². The van der Waals surface area contributed by atoms with Crippen molar-refractivity contribution >= 4 is 17.5 Å². The second-order valence-electron chi connectivity index (χ2n) is 7.95. The van der Waals surface area contributed by atoms with Crippen LogP contribution in [0.5, 0.6) is 0 Å². The Morgan fingerprint density at radius 1 is 1.24 bits per heavy atom. The number of fused-ring (bicyclic) bond motifs is 1. The summed E-state index contributed by atoms with van der Waals surface area (Å²) in [6.45, 7) is 3.55. The monoisotopic (exact) mass is 341 g/mol. The number of piperidine rings is 1. The molecule has 25 heavy (non-hydrogen) atoms. The maximum absolute atomic E-state index is 13.2. The average Bonchev–Trinajstić information content (AvgIpc) is 2.97. The second kappa shape index (κ2) is 5.53. The third-order valence-corrected chi connectivity index (χ3v) is 6.60. The Morgan fingerprint density at radius 2 is 2.08 bits per heavy atom. The molecule has 0 aromatic carbocycles. The van der Waals surface area contributed by atoms with Crippen molar-refractivity contribution < 1.29 is 14.3 Å². The number of hydrogen-bond acceptors (Lipinski definition) is 4. The van der Waals surface area contributed by atoms with Crippen LogP contribution in [0.3, 0.4) is 0 Å². The number of carbonyl (C=O) groups is 2. The molecular weight excluding hydrogens is 318 g/mol. The lowest BCUT2D eigenvalue weighted by Crippen LogP contribution is -2.50. The van der Waals surface area contributed by atoms with E-state index in [-0.39, 0.29) is 17.7 Å². The van der Waals surface area contributed by atoms with Crippen molar-refractivity contribution in [3.05, 3.63) is 24.5 Å². The van der Waals surface area contributed by atoms with Crippen molar-refractivity contribution in [3.8, 4) is 0 Å². The van der Waals surface area contributed by atoms with Crippen LogP contribution in [0.4, 0.5) is 5.69 Å². The van der Waals surface area contributed by atoms with Gasteiger partial charge in [-0.1, -0.05) is 0 Å². The number of anilines is 1. The molecule has 1 spiro atoms. The van der Waals surface area contributed by atoms with Crippen molar-refractivity contribution in [3.63, 3.8) is 0 Å². The Kier molecular flexibility index (Phi) is 3.39. The third-order valence-electron chi connectivity index (χ3n) is 6.60. The molecule has 0 bridgehead atoms. The lowest BCUT2D eigenvalue weighted by atomic mass is 9.78. The Labute approximate surface area is 147 Å². The number of rotatable bonds is 2. The molecule has 6 heteroatoms. The van der Waals surface area contributed by atoms with E-state index < -0.39 is 5.41 Å². The van der Waals surface area contributed by atoms with Crippen LogP contribution in [0.15, 0.2) is 24.5 Å². The normalized spacial score (nSPS) is 36.8. The van der Waals surface area contributed by atoms with Gasteiger partial charge in [-0.15, -0.1) is 0 Å². The summed E-state index contributed by atoms with van der Waals surface area (Å²) in [6, 6.07) is 3.79. The molecule has 4 aliphatic rings. The van der Waals surface area contributed by atoms with Gasteiger partial charge in [-0.25, -0.2) is 0 Å². The van der Waals surface area contributed by atoms with Crippen LogP contribution in [-0.2, 0) is 14.3 Å². The molecule has 1 saturated carbocycles. The highest BCUT2D eigenvalue weighted by Crippen LogP contribution is 2.52. The maximum atomic E-state index is 13.2. The quantitative estimate of drug-likeness (QED) is 0.814. The lowest BCUT2D eigenvalue weighted by molar-refractivity contribution is -0.140. The van der Waals surface area contributed by atoms with Crippen LogP contribution in [-0.4, -0.2) is 54.5 Å². The van der Waals surface area contributed by atoms with Crippen LogP contribution < -0.4 is 4.90 Å². The number of likely N-dealkylation sites (tertiary alicyclic amines) is 1. The topological polar surface area (TPSA) is 62.7 Å². The van der Waals surface area contributed by atoms with Gasteiger partial charge in [-0.2, -0.15) is 0 Å². The van der Waals surface area contributed by atoms with Gasteiger partial charge in [0.1, 0.15) is 0 Å². The van der Waals surface area contributed by atoms with E-state index in [2.05, 4.69) is 4.98 Å². The van der Waals surface area contributed by atoms with Crippen LogP contribution in [0.1, 0.15) is 19.3 Å². The van der Waals surface area contributed by atoms with Gasteiger partial charge >= 0.3 is 0 Å². The van der Waals surface area contributed by atoms with Gasteiger partial charge in [0, 0.05) is 31.7 Å². The smallest absolute Gasteiger partial charge is 0.235 e. The fourth-order valence-electron chi connectivity index (χ4n) is 5.10. The Morgan fingerprint density at radius 3 is 2.84 bits per heavy atom. The molecule has 3 saturated heterocycles. The zero-order valence-electron chi connectivity index (χ0n) is 14.3. The van der Waals surface area contributed by atoms with Gasteiger partial charge in [0.15, 0.2) is 0 Å². The summed E-state index contributed by atoms with van der Waals surface area (Å²) in [7, 11) is 0. The number of ether oxygens (including phenoxy) is 1. The van der Waals surface area contributed by atoms with Gasteiger partial charge in [0.2, 0.25) is 11.8 Å². The van der Waals surface area contributed by atoms with Gasteiger partial charge < -0.3 is 14.5 Å². The average molecular weight is 341 g/mol. The van der Waals surface area contributed by atoms with Crippen molar-refractivity contribution in [1.82, 2.24) is 9.88 Å². The lowest BCUT2D eigenvalue weighted by Gasteiger charge is -2.39. The van der Waals surface area contributed by atoms with E-state index in [4.69, 9.17) is 4.74 Å². The standard InChI is InChI=1S/C19H23N3O3/c23-17(16-14-10-25-11-15(14)16)21-7-2-4-19(12-21)5-8-22(18(19)24)13-3-1-6-20-9-13/h1,3,6,9,14-16H,2,4-5,7-8,10-12H2/t14-,15+,16?,19?. The predicted molar refractivity (Wildman–Crippen MR) is 90.7 cm³/mol. The molecule has 132 valence electrons. The Hall–Kier alpha value is -1.95. The highest BCUT2D eigenvalue weighted by molar-refractivity contribution is 6.00. The van der Waals surface area contributed by atoms with Gasteiger partial charge in [-0.3, -0.25) is 14.6 Å². The van der Waals surface area contributed by atoms with Gasteiger partial charge in [0.25, 0.3) is 0 Å². The summed E-state index contributed by atoms with van der Waals surface area (Å²) in [5.41, 5.74) is 0.464. The van der Waals surface area contributed by atoms with Crippen molar-refractivity contribution in [2.45, 2.75) is 19.3 Å². The highest BCUT2D eigenvalue weighted by Gasteiger charge is 2.60. The number of nitrogens with zero attached hydrogens (tertiary/aromatic N) is 3. The highest BCUT2D eigenvalue weighted by atomic mass is 16.5. The first-order chi connectivity index (χ1) is 12.2. The van der Waals surface area contributed by atoms with E-state index in [1.165, 1.54) is 0 Å². The fourth-order valence-corrected chi connectivity index (χ4v) is 5.10. The molecule has 0 N–H and O–H groups in total. The summed E-state index contributed by atoms with van der Waals surface area (Å²) in [4.78, 5) is 34.0. The SMILES string of the molecule is O=C(C1[C@H]2COC[C@@H]12)N1CCCC2(CCN(c3cccnc3)C2=O)C1. The zero-order chi connectivity index (χ0) is 17.0. The van der Waals surface area contributed by atoms with E-state index in [0.29, 0.717) is 18.4 Å². The molecule has 5 rings (SSSR count). The first-order valence-corrected chi connectivity index (χ1v) is 9.28. The van der Waals surface area contributed by atoms with Crippen molar-refractivity contribution in [2.75, 3.05) is 37.7 Å². The summed E-state index contributed by atoms with van der Waals surface area (Å²) in [5.74, 6) is 1.42. The first-order valence-electron chi connectivity index (χ1n) is 9.28. The first kappa shape index (κ1) is 15.3. The molecule has 2 unspecified atom stereocenters. The minimum absolute atomic E-state index is 0.148. The molecule has 4 atom stereocenters. The predicted octanol–water partition coefficient (Wildman–Crippen LogP) is 1.32. The Bertz CT molecular complexity index is 699. The zero-order valence-corrected chi connectivity index (χ0v) is 14.3. The van der Waals surface area contributed by atoms with Gasteiger partial charge in [0.05, 0.1) is 30.5 Å². The van der Waals surface area contributed by atoms with E-state index in [1.54, 1.807) is 12.4 Å². The Balaban J connectivity index is 1.32. The molecule has 1 aromatic rings. The number of hydrogen-bond donors (Lipinski definition) is 0. The van der Waals surface area contributed by atoms with Gasteiger partial charge in [-0.05, 0) is 43.2 Å². The minimum atomic E-state index is -0.399. The van der Waals surface area contributed by atoms with Crippen molar-refractivity contribution in [2.24, 2.45) is 23.2 Å². The molecule has 4 heterocycles. The summed E-state index contributed by atoms with van der Waals surface area (Å²) >= 11 is 0. The summed E-state index contributed by atoms with van der Waals surface area (Å²) < 4.78 is 5.41. The fraction of sp³-hybridized carbons (Fsp3) is 0.632. The largest absolute Gasteiger partial charge is 0.381 e. The molecule has 1 aliphatic carbocycles. The number of amides is 2. The molecule has 2 amide bonds. The van der Waals surface area contributed by atoms with Crippen LogP contribution in [0.25, 0.3) is 0 Å². The van der Waals surface area contributed by atoms with Crippen LogP contribution in [0.2, 0.25) is 0 Å². The summed E-state index contributed by atoms with van der Waals surface area (Å²) in [6.07, 6.45) is 6.08. The third kappa shape index (κ3) is 2.30. The molecule has 4 fully saturated rings. The molecule has 6 nitrogen and oxygen atoms in total. The van der Waals surface area contributed by atoms with Crippen molar-refractivity contribution in [1.29, 1.82) is 0 Å². The van der Waals surface area contributed by atoms with E-state index in [1.807, 2.05) is 21.9 Å². The molecule has 0 radical (unpaired) electrons. The molecule has 3 aliphatic heterocycles. The maximum Gasteiger partial charge on any atom is 0.235 e. The van der Waals surface area contributed by atoms with Crippen LogP contribution >= 0.6 is 0 Å². The van der Waals surface area contributed by atoms with E-state index in [9.17, 15) is 9.59 Å². The molecule has 1 aromatic heterocycles. The minimum Gasteiger partial charge on any atom is -0.381 e.